The van der Waals surface area contributed by atoms with Crippen LogP contribution in [0.4, 0.5) is 5.69 Å². The number of carbonyl (C=O) groups is 2. The molecule has 0 saturated carbocycles. The molecule has 1 unspecified atom stereocenters. The molecule has 0 aliphatic heterocycles. The molecule has 0 fully saturated rings. The monoisotopic (exact) mass is 398 g/mol. The maximum absolute atomic E-state index is 12.3. The molecular formula is C22H26N2O5. The summed E-state index contributed by atoms with van der Waals surface area (Å²) in [6.07, 6.45) is 2.53. The zero-order valence-electron chi connectivity index (χ0n) is 16.9. The Morgan fingerprint density at radius 3 is 2.52 bits per heavy atom. The van der Waals surface area contributed by atoms with Crippen LogP contribution in [0, 0.1) is 0 Å². The maximum Gasteiger partial charge on any atom is 0.255 e. The molecule has 29 heavy (non-hydrogen) atoms. The van der Waals surface area contributed by atoms with Gasteiger partial charge in [0.15, 0.2) is 17.6 Å². The molecule has 0 aromatic heterocycles. The van der Waals surface area contributed by atoms with E-state index in [9.17, 15) is 9.59 Å². The predicted molar refractivity (Wildman–Crippen MR) is 109 cm³/mol. The van der Waals surface area contributed by atoms with E-state index in [2.05, 4.69) is 10.8 Å². The number of ether oxygens (including phenoxy) is 2. The third kappa shape index (κ3) is 5.26. The zero-order chi connectivity index (χ0) is 20.8. The molecule has 1 aliphatic rings. The molecule has 2 amide bonds. The van der Waals surface area contributed by atoms with Gasteiger partial charge in [-0.2, -0.15) is 0 Å². The second-order valence-electron chi connectivity index (χ2n) is 6.98. The minimum absolute atomic E-state index is 0.0829. The molecule has 0 spiro atoms. The Bertz CT molecular complexity index is 897. The fourth-order valence-corrected chi connectivity index (χ4v) is 3.31. The normalized spacial score (nSPS) is 13.3. The van der Waals surface area contributed by atoms with Crippen LogP contribution in [0.2, 0.25) is 0 Å². The van der Waals surface area contributed by atoms with Crippen LogP contribution >= 0.6 is 0 Å². The van der Waals surface area contributed by atoms with Crippen molar-refractivity contribution in [1.82, 2.24) is 5.48 Å². The van der Waals surface area contributed by atoms with Gasteiger partial charge in [-0.1, -0.05) is 12.1 Å². The molecule has 1 atom stereocenters. The molecule has 154 valence electrons. The van der Waals surface area contributed by atoms with Crippen LogP contribution in [-0.2, 0) is 33.7 Å². The highest BCUT2D eigenvalue weighted by atomic mass is 16.7. The van der Waals surface area contributed by atoms with Crippen molar-refractivity contribution in [3.63, 3.8) is 0 Å². The minimum Gasteiger partial charge on any atom is -0.493 e. The molecular weight excluding hydrogens is 372 g/mol. The molecule has 0 saturated heterocycles. The Morgan fingerprint density at radius 2 is 1.76 bits per heavy atom. The lowest BCUT2D eigenvalue weighted by atomic mass is 10.1. The van der Waals surface area contributed by atoms with Crippen LogP contribution < -0.4 is 20.3 Å². The predicted octanol–water partition coefficient (Wildman–Crippen LogP) is 2.81. The van der Waals surface area contributed by atoms with Crippen LogP contribution in [-0.4, -0.2) is 32.1 Å². The first-order valence-corrected chi connectivity index (χ1v) is 9.58. The maximum atomic E-state index is 12.3. The number of amides is 2. The largest absolute Gasteiger partial charge is 0.493 e. The molecule has 0 heterocycles. The summed E-state index contributed by atoms with van der Waals surface area (Å²) in [6.45, 7) is 1.58. The second-order valence-corrected chi connectivity index (χ2v) is 6.98. The third-order valence-corrected chi connectivity index (χ3v) is 4.90. The van der Waals surface area contributed by atoms with Gasteiger partial charge in [0.2, 0.25) is 5.91 Å². The van der Waals surface area contributed by atoms with Crippen LogP contribution in [0.25, 0.3) is 0 Å². The number of fused-ring (bicyclic) bond motifs is 1. The van der Waals surface area contributed by atoms with E-state index in [-0.39, 0.29) is 18.2 Å². The fraction of sp³-hybridized carbons (Fsp3) is 0.364. The van der Waals surface area contributed by atoms with Gasteiger partial charge in [-0.3, -0.25) is 14.4 Å². The highest BCUT2D eigenvalue weighted by Crippen LogP contribution is 2.27. The SMILES string of the molecule is COc1ccc(CC(=O)NOC(C)C(=O)Nc2ccc3c(c2)CCC3)cc1OC. The summed E-state index contributed by atoms with van der Waals surface area (Å²) in [7, 11) is 3.08. The number of nitrogens with one attached hydrogen (secondary N) is 2. The Labute approximate surface area is 170 Å². The van der Waals surface area contributed by atoms with Crippen LogP contribution in [0.15, 0.2) is 36.4 Å². The Balaban J connectivity index is 1.48. The zero-order valence-corrected chi connectivity index (χ0v) is 16.9. The van der Waals surface area contributed by atoms with E-state index in [0.29, 0.717) is 11.5 Å². The lowest BCUT2D eigenvalue weighted by Crippen LogP contribution is -2.36. The number of methoxy groups -OCH3 is 2. The van der Waals surface area contributed by atoms with Crippen LogP contribution in [0.5, 0.6) is 11.5 Å². The number of benzene rings is 2. The van der Waals surface area contributed by atoms with E-state index in [1.54, 1.807) is 32.2 Å². The Morgan fingerprint density at radius 1 is 1.00 bits per heavy atom. The van der Waals surface area contributed by atoms with E-state index < -0.39 is 6.10 Å². The Hall–Kier alpha value is -3.06. The summed E-state index contributed by atoms with van der Waals surface area (Å²) in [5.74, 6) is 0.439. The number of anilines is 1. The van der Waals surface area contributed by atoms with Gasteiger partial charge in [0.1, 0.15) is 0 Å². The summed E-state index contributed by atoms with van der Waals surface area (Å²) in [5.41, 5.74) is 6.43. The van der Waals surface area contributed by atoms with Crippen molar-refractivity contribution in [2.24, 2.45) is 0 Å². The minimum atomic E-state index is -0.836. The van der Waals surface area contributed by atoms with Gasteiger partial charge in [-0.25, -0.2) is 5.48 Å². The summed E-state index contributed by atoms with van der Waals surface area (Å²) in [6, 6.07) is 11.2. The first kappa shape index (κ1) is 20.7. The van der Waals surface area contributed by atoms with Crippen molar-refractivity contribution in [3.05, 3.63) is 53.1 Å². The molecule has 3 rings (SSSR count). The number of hydrogen-bond donors (Lipinski definition) is 2. The van der Waals surface area contributed by atoms with Gasteiger partial charge >= 0.3 is 0 Å². The van der Waals surface area contributed by atoms with Crippen LogP contribution in [0.1, 0.15) is 30.0 Å². The fourth-order valence-electron chi connectivity index (χ4n) is 3.31. The molecule has 7 heteroatoms. The molecule has 0 radical (unpaired) electrons. The lowest BCUT2D eigenvalue weighted by molar-refractivity contribution is -0.143. The van der Waals surface area contributed by atoms with Crippen molar-refractivity contribution in [2.45, 2.75) is 38.7 Å². The molecule has 7 nitrogen and oxygen atoms in total. The molecule has 2 aromatic carbocycles. The van der Waals surface area contributed by atoms with E-state index in [1.165, 1.54) is 18.2 Å². The molecule has 1 aliphatic carbocycles. The third-order valence-electron chi connectivity index (χ3n) is 4.90. The van der Waals surface area contributed by atoms with E-state index >= 15 is 0 Å². The summed E-state index contributed by atoms with van der Waals surface area (Å²) in [4.78, 5) is 29.7. The van der Waals surface area contributed by atoms with Crippen molar-refractivity contribution >= 4 is 17.5 Å². The van der Waals surface area contributed by atoms with E-state index in [1.807, 2.05) is 18.2 Å². The Kier molecular flexibility index (Phi) is 6.72. The molecule has 0 bridgehead atoms. The van der Waals surface area contributed by atoms with Crippen molar-refractivity contribution < 1.29 is 23.9 Å². The number of hydrogen-bond acceptors (Lipinski definition) is 5. The van der Waals surface area contributed by atoms with Crippen molar-refractivity contribution in [2.75, 3.05) is 19.5 Å². The van der Waals surface area contributed by atoms with Gasteiger partial charge in [-0.15, -0.1) is 0 Å². The lowest BCUT2D eigenvalue weighted by Gasteiger charge is -2.14. The highest BCUT2D eigenvalue weighted by Gasteiger charge is 2.17. The quantitative estimate of drug-likeness (QED) is 0.668. The summed E-state index contributed by atoms with van der Waals surface area (Å²) in [5, 5.41) is 2.83. The topological polar surface area (TPSA) is 85.9 Å². The number of aryl methyl sites for hydroxylation is 2. The number of carbonyl (C=O) groups excluding carboxylic acids is 2. The van der Waals surface area contributed by atoms with Gasteiger partial charge < -0.3 is 14.8 Å². The number of hydroxylamine groups is 1. The first-order valence-electron chi connectivity index (χ1n) is 9.58. The molecule has 2 aromatic rings. The van der Waals surface area contributed by atoms with Crippen LogP contribution in [0.3, 0.4) is 0 Å². The first-order chi connectivity index (χ1) is 14.0. The van der Waals surface area contributed by atoms with Gasteiger partial charge in [-0.05, 0) is 67.1 Å². The standard InChI is InChI=1S/C22H26N2O5/c1-14(22(26)23-18-9-8-16-5-4-6-17(16)13-18)29-24-21(25)12-15-7-10-19(27-2)20(11-15)28-3/h7-11,13-14H,4-6,12H2,1-3H3,(H,23,26)(H,24,25). The summed E-state index contributed by atoms with van der Waals surface area (Å²) < 4.78 is 10.4. The van der Waals surface area contributed by atoms with E-state index in [4.69, 9.17) is 14.3 Å². The van der Waals surface area contributed by atoms with Gasteiger partial charge in [0.05, 0.1) is 20.6 Å². The van der Waals surface area contributed by atoms with Crippen molar-refractivity contribution in [3.8, 4) is 11.5 Å². The average molecular weight is 398 g/mol. The second kappa shape index (κ2) is 9.43. The highest BCUT2D eigenvalue weighted by molar-refractivity contribution is 5.94. The average Bonchev–Trinajstić information content (AvgIpc) is 3.19. The van der Waals surface area contributed by atoms with Crippen molar-refractivity contribution in [1.29, 1.82) is 0 Å². The van der Waals surface area contributed by atoms with Gasteiger partial charge in [0, 0.05) is 5.69 Å². The summed E-state index contributed by atoms with van der Waals surface area (Å²) >= 11 is 0. The molecule has 2 N–H and O–H groups in total. The smallest absolute Gasteiger partial charge is 0.255 e. The van der Waals surface area contributed by atoms with Gasteiger partial charge in [0.25, 0.3) is 5.91 Å². The number of rotatable bonds is 8. The van der Waals surface area contributed by atoms with E-state index in [0.717, 1.165) is 30.5 Å².